The number of nitrogens with two attached hydrogens (primary N) is 1. The van der Waals surface area contributed by atoms with Crippen molar-refractivity contribution in [3.8, 4) is 5.88 Å². The van der Waals surface area contributed by atoms with Gasteiger partial charge in [-0.05, 0) is 17.2 Å². The van der Waals surface area contributed by atoms with Gasteiger partial charge in [-0.1, -0.05) is 40.2 Å². The maximum absolute atomic E-state index is 5.84. The predicted octanol–water partition coefficient (Wildman–Crippen LogP) is 3.14. The van der Waals surface area contributed by atoms with E-state index >= 15 is 0 Å². The molecule has 1 unspecified atom stereocenters. The molecule has 0 saturated heterocycles. The molecule has 114 valence electrons. The molecule has 0 saturated carbocycles. The molecule has 1 aliphatic heterocycles. The van der Waals surface area contributed by atoms with E-state index in [0.29, 0.717) is 18.3 Å². The van der Waals surface area contributed by atoms with Crippen molar-refractivity contribution >= 4 is 15.9 Å². The van der Waals surface area contributed by atoms with Crippen molar-refractivity contribution in [2.45, 2.75) is 12.6 Å². The summed E-state index contributed by atoms with van der Waals surface area (Å²) in [5, 5.41) is 1.83. The van der Waals surface area contributed by atoms with Crippen LogP contribution in [0.4, 0.5) is 0 Å². The monoisotopic (exact) mass is 361 g/mol. The van der Waals surface area contributed by atoms with Gasteiger partial charge in [0, 0.05) is 22.8 Å². The molecule has 5 nitrogen and oxygen atoms in total. The molecule has 2 N–H and O–H groups in total. The average Bonchev–Trinajstić information content (AvgIpc) is 2.90. The molecule has 0 radical (unpaired) electrons. The minimum Gasteiger partial charge on any atom is -0.481 e. The van der Waals surface area contributed by atoms with E-state index in [1.807, 2.05) is 47.5 Å². The minimum absolute atomic E-state index is 0.0782. The van der Waals surface area contributed by atoms with Crippen molar-refractivity contribution in [2.24, 2.45) is 5.73 Å². The maximum atomic E-state index is 5.84. The first kappa shape index (κ1) is 14.9. The highest BCUT2D eigenvalue weighted by atomic mass is 79.9. The second kappa shape index (κ2) is 6.37. The summed E-state index contributed by atoms with van der Waals surface area (Å²) in [4.78, 5) is 9.88. The van der Waals surface area contributed by atoms with E-state index in [4.69, 9.17) is 15.3 Å². The number of rotatable bonds is 4. The second-order valence-corrected chi connectivity index (χ2v) is 5.76. The fraction of sp³-hybridized carbons (Fsp3) is 0.188. The Morgan fingerprint density at radius 2 is 2.14 bits per heavy atom. The molecular formula is C16H16BrN3O2. The summed E-state index contributed by atoms with van der Waals surface area (Å²) in [6.07, 6.45) is 3.65. The second-order valence-electron chi connectivity index (χ2n) is 4.91. The highest BCUT2D eigenvalue weighted by Gasteiger charge is 2.28. The standard InChI is InChI=1S/C16H16BrN3O2/c1-21-16-7-6-11(9-19-16)14-8-15(18)22-20(14)10-12-4-2-3-5-13(12)17/h2-9,14H,10,18H2,1H3. The fourth-order valence-corrected chi connectivity index (χ4v) is 2.75. The lowest BCUT2D eigenvalue weighted by molar-refractivity contribution is -0.128. The summed E-state index contributed by atoms with van der Waals surface area (Å²) in [6.45, 7) is 0.606. The Kier molecular flexibility index (Phi) is 4.31. The van der Waals surface area contributed by atoms with Crippen LogP contribution in [0.2, 0.25) is 0 Å². The summed E-state index contributed by atoms with van der Waals surface area (Å²) >= 11 is 3.55. The summed E-state index contributed by atoms with van der Waals surface area (Å²) < 4.78 is 6.13. The molecule has 1 aromatic carbocycles. The maximum Gasteiger partial charge on any atom is 0.212 e. The fourth-order valence-electron chi connectivity index (χ4n) is 2.34. The number of ether oxygens (including phenoxy) is 1. The zero-order chi connectivity index (χ0) is 15.5. The Hall–Kier alpha value is -2.05. The van der Waals surface area contributed by atoms with Crippen LogP contribution in [0.15, 0.2) is 59.0 Å². The molecule has 3 rings (SSSR count). The quantitative estimate of drug-likeness (QED) is 0.906. The van der Waals surface area contributed by atoms with E-state index in [1.54, 1.807) is 13.3 Å². The highest BCUT2D eigenvalue weighted by Crippen LogP contribution is 2.32. The molecule has 0 bridgehead atoms. The molecule has 6 heteroatoms. The summed E-state index contributed by atoms with van der Waals surface area (Å²) in [7, 11) is 1.60. The van der Waals surface area contributed by atoms with Gasteiger partial charge < -0.3 is 15.3 Å². The highest BCUT2D eigenvalue weighted by molar-refractivity contribution is 9.10. The Morgan fingerprint density at radius 3 is 2.82 bits per heavy atom. The van der Waals surface area contributed by atoms with Crippen molar-refractivity contribution in [2.75, 3.05) is 7.11 Å². The molecule has 1 aliphatic rings. The Bertz CT molecular complexity index is 688. The van der Waals surface area contributed by atoms with Crippen molar-refractivity contribution in [3.05, 3.63) is 70.2 Å². The Balaban J connectivity index is 1.83. The van der Waals surface area contributed by atoms with Crippen molar-refractivity contribution in [1.82, 2.24) is 10.0 Å². The summed E-state index contributed by atoms with van der Waals surface area (Å²) in [5.41, 5.74) is 7.96. The van der Waals surface area contributed by atoms with Crippen molar-refractivity contribution in [3.63, 3.8) is 0 Å². The first-order valence-corrected chi connectivity index (χ1v) is 7.62. The number of aromatic nitrogens is 1. The number of hydrogen-bond acceptors (Lipinski definition) is 5. The summed E-state index contributed by atoms with van der Waals surface area (Å²) in [6, 6.07) is 11.7. The number of hydroxylamine groups is 2. The zero-order valence-electron chi connectivity index (χ0n) is 12.1. The third-order valence-corrected chi connectivity index (χ3v) is 4.22. The van der Waals surface area contributed by atoms with E-state index in [1.165, 1.54) is 0 Å². The first-order valence-electron chi connectivity index (χ1n) is 6.82. The third kappa shape index (κ3) is 3.08. The van der Waals surface area contributed by atoms with Crippen LogP contribution >= 0.6 is 15.9 Å². The third-order valence-electron chi connectivity index (χ3n) is 3.45. The smallest absolute Gasteiger partial charge is 0.212 e. The topological polar surface area (TPSA) is 60.6 Å². The van der Waals surface area contributed by atoms with Crippen LogP contribution in [0.5, 0.6) is 5.88 Å². The van der Waals surface area contributed by atoms with E-state index < -0.39 is 0 Å². The van der Waals surface area contributed by atoms with Gasteiger partial charge in [0.2, 0.25) is 11.8 Å². The molecule has 0 amide bonds. The van der Waals surface area contributed by atoms with Crippen molar-refractivity contribution in [1.29, 1.82) is 0 Å². The lowest BCUT2D eigenvalue weighted by Crippen LogP contribution is -2.23. The number of benzene rings is 1. The number of halogens is 1. The molecular weight excluding hydrogens is 346 g/mol. The Morgan fingerprint density at radius 1 is 1.32 bits per heavy atom. The molecule has 1 aromatic heterocycles. The van der Waals surface area contributed by atoms with Crippen LogP contribution in [0.3, 0.4) is 0 Å². The van der Waals surface area contributed by atoms with Crippen molar-refractivity contribution < 1.29 is 9.57 Å². The molecule has 1 atom stereocenters. The molecule has 0 aliphatic carbocycles. The number of methoxy groups -OCH3 is 1. The van der Waals surface area contributed by atoms with E-state index in [-0.39, 0.29) is 6.04 Å². The van der Waals surface area contributed by atoms with Crippen LogP contribution in [0.25, 0.3) is 0 Å². The summed E-state index contributed by atoms with van der Waals surface area (Å²) in [5.74, 6) is 0.977. The van der Waals surface area contributed by atoms with Gasteiger partial charge in [0.15, 0.2) is 0 Å². The SMILES string of the molecule is COc1ccc(C2C=C(N)ON2Cc2ccccc2Br)cn1. The zero-order valence-corrected chi connectivity index (χ0v) is 13.7. The van der Waals surface area contributed by atoms with Gasteiger partial charge in [-0.3, -0.25) is 0 Å². The normalized spacial score (nSPS) is 17.9. The van der Waals surface area contributed by atoms with Gasteiger partial charge in [-0.2, -0.15) is 0 Å². The van der Waals surface area contributed by atoms with Gasteiger partial charge in [0.05, 0.1) is 19.7 Å². The average molecular weight is 362 g/mol. The molecule has 2 heterocycles. The largest absolute Gasteiger partial charge is 0.481 e. The molecule has 0 spiro atoms. The number of hydrogen-bond donors (Lipinski definition) is 1. The number of nitrogens with zero attached hydrogens (tertiary/aromatic N) is 2. The van der Waals surface area contributed by atoms with Crippen LogP contribution < -0.4 is 10.5 Å². The first-order chi connectivity index (χ1) is 10.7. The molecule has 0 fully saturated rings. The molecule has 22 heavy (non-hydrogen) atoms. The predicted molar refractivity (Wildman–Crippen MR) is 86.6 cm³/mol. The van der Waals surface area contributed by atoms with Gasteiger partial charge in [-0.15, -0.1) is 5.06 Å². The van der Waals surface area contributed by atoms with Crippen LogP contribution in [-0.2, 0) is 11.4 Å². The van der Waals surface area contributed by atoms with Crippen LogP contribution in [-0.4, -0.2) is 17.2 Å². The van der Waals surface area contributed by atoms with Crippen LogP contribution in [0, 0.1) is 0 Å². The lowest BCUT2D eigenvalue weighted by atomic mass is 10.1. The van der Waals surface area contributed by atoms with Gasteiger partial charge in [-0.25, -0.2) is 4.98 Å². The van der Waals surface area contributed by atoms with Crippen LogP contribution in [0.1, 0.15) is 17.2 Å². The molecule has 2 aromatic rings. The number of pyridine rings is 1. The Labute approximate surface area is 137 Å². The van der Waals surface area contributed by atoms with Gasteiger partial charge in [0.25, 0.3) is 0 Å². The van der Waals surface area contributed by atoms with E-state index in [9.17, 15) is 0 Å². The van der Waals surface area contributed by atoms with E-state index in [0.717, 1.165) is 15.6 Å². The van der Waals surface area contributed by atoms with E-state index in [2.05, 4.69) is 20.9 Å². The minimum atomic E-state index is -0.0782. The lowest BCUT2D eigenvalue weighted by Gasteiger charge is -2.23. The van der Waals surface area contributed by atoms with Gasteiger partial charge in [0.1, 0.15) is 0 Å². The van der Waals surface area contributed by atoms with Gasteiger partial charge >= 0.3 is 0 Å².